The van der Waals surface area contributed by atoms with Gasteiger partial charge in [0.25, 0.3) is 0 Å². The molecule has 1 heterocycles. The molecule has 0 amide bonds. The summed E-state index contributed by atoms with van der Waals surface area (Å²) in [5, 5.41) is 29.3. The van der Waals surface area contributed by atoms with Gasteiger partial charge >= 0.3 is 5.97 Å². The molecule has 23 heavy (non-hydrogen) atoms. The van der Waals surface area contributed by atoms with Crippen LogP contribution in [0.15, 0.2) is 30.3 Å². The van der Waals surface area contributed by atoms with Crippen LogP contribution in [0.1, 0.15) is 35.3 Å². The number of benzene rings is 1. The van der Waals surface area contributed by atoms with Crippen LogP contribution < -0.4 is 5.32 Å². The van der Waals surface area contributed by atoms with E-state index >= 15 is 0 Å². The van der Waals surface area contributed by atoms with Gasteiger partial charge in [-0.05, 0) is 31.5 Å². The van der Waals surface area contributed by atoms with Crippen LogP contribution in [0, 0.1) is 5.41 Å². The van der Waals surface area contributed by atoms with E-state index in [0.717, 1.165) is 11.8 Å². The zero-order valence-corrected chi connectivity index (χ0v) is 13.0. The second-order valence-corrected chi connectivity index (χ2v) is 5.42. The molecule has 0 atom stereocenters. The van der Waals surface area contributed by atoms with Crippen LogP contribution in [-0.2, 0) is 6.61 Å². The van der Waals surface area contributed by atoms with Gasteiger partial charge < -0.3 is 20.9 Å². The molecule has 4 N–H and O–H groups in total. The molecular weight excluding hydrogens is 294 g/mol. The number of pyridine rings is 1. The first-order valence-electron chi connectivity index (χ1n) is 7.21. The predicted octanol–water partition coefficient (Wildman–Crippen LogP) is 2.76. The van der Waals surface area contributed by atoms with Gasteiger partial charge in [-0.25, -0.2) is 9.78 Å². The minimum absolute atomic E-state index is 0.0163. The van der Waals surface area contributed by atoms with E-state index in [4.69, 9.17) is 5.41 Å². The van der Waals surface area contributed by atoms with Crippen LogP contribution in [0.2, 0.25) is 0 Å². The van der Waals surface area contributed by atoms with Gasteiger partial charge in [-0.1, -0.05) is 18.2 Å². The Morgan fingerprint density at radius 1 is 1.39 bits per heavy atom. The number of carboxylic acids is 1. The van der Waals surface area contributed by atoms with Crippen LogP contribution in [0.5, 0.6) is 0 Å². The van der Waals surface area contributed by atoms with Gasteiger partial charge in [0.2, 0.25) is 0 Å². The smallest absolute Gasteiger partial charge is 0.336 e. The summed E-state index contributed by atoms with van der Waals surface area (Å²) in [6.07, 6.45) is 0.995. The number of carbonyl (C=O) groups is 1. The molecule has 0 saturated carbocycles. The number of aromatic nitrogens is 1. The monoisotopic (exact) mass is 313 g/mol. The van der Waals surface area contributed by atoms with E-state index in [-0.39, 0.29) is 23.8 Å². The standard InChI is InChI=1S/C17H19N3O3/c1-10(2)19-16-14(8-18)13(17(22)23)7-15(20-16)12-5-3-4-11(6-12)9-21/h3-8,10,18,21H,9H2,1-2H3,(H,19,20)(H,22,23). The summed E-state index contributed by atoms with van der Waals surface area (Å²) >= 11 is 0. The Morgan fingerprint density at radius 3 is 2.70 bits per heavy atom. The molecule has 2 aromatic rings. The highest BCUT2D eigenvalue weighted by molar-refractivity contribution is 6.02. The van der Waals surface area contributed by atoms with Gasteiger partial charge in [0.1, 0.15) is 5.82 Å². The molecule has 0 aliphatic carbocycles. The molecule has 0 radical (unpaired) electrons. The van der Waals surface area contributed by atoms with Crippen molar-refractivity contribution >= 4 is 18.0 Å². The molecular formula is C17H19N3O3. The highest BCUT2D eigenvalue weighted by Crippen LogP contribution is 2.26. The summed E-state index contributed by atoms with van der Waals surface area (Å²) in [7, 11) is 0. The molecule has 0 aliphatic rings. The molecule has 1 aromatic heterocycles. The van der Waals surface area contributed by atoms with Crippen LogP contribution in [0.25, 0.3) is 11.3 Å². The van der Waals surface area contributed by atoms with E-state index in [0.29, 0.717) is 17.1 Å². The number of aliphatic hydroxyl groups excluding tert-OH is 1. The van der Waals surface area contributed by atoms with Gasteiger partial charge in [0, 0.05) is 23.4 Å². The lowest BCUT2D eigenvalue weighted by Gasteiger charge is -2.15. The Hall–Kier alpha value is -2.73. The highest BCUT2D eigenvalue weighted by Gasteiger charge is 2.17. The molecule has 1 aromatic carbocycles. The number of hydrogen-bond acceptors (Lipinski definition) is 5. The van der Waals surface area contributed by atoms with Crippen LogP contribution in [-0.4, -0.2) is 33.4 Å². The van der Waals surface area contributed by atoms with Gasteiger partial charge in [0.15, 0.2) is 0 Å². The van der Waals surface area contributed by atoms with Gasteiger partial charge in [-0.15, -0.1) is 0 Å². The number of aliphatic hydroxyl groups is 1. The first-order valence-corrected chi connectivity index (χ1v) is 7.21. The SMILES string of the molecule is CC(C)Nc1nc(-c2cccc(CO)c2)cc(C(=O)O)c1C=N. The molecule has 6 nitrogen and oxygen atoms in total. The number of nitrogens with zero attached hydrogens (tertiary/aromatic N) is 1. The largest absolute Gasteiger partial charge is 0.478 e. The second kappa shape index (κ2) is 7.02. The maximum absolute atomic E-state index is 11.5. The third-order valence-electron chi connectivity index (χ3n) is 3.26. The molecule has 0 aliphatic heterocycles. The fraction of sp³-hybridized carbons (Fsp3) is 0.235. The average molecular weight is 313 g/mol. The summed E-state index contributed by atoms with van der Waals surface area (Å²) in [6, 6.07) is 8.62. The number of anilines is 1. The number of hydrogen-bond donors (Lipinski definition) is 4. The summed E-state index contributed by atoms with van der Waals surface area (Å²) < 4.78 is 0. The number of rotatable bonds is 6. The van der Waals surface area contributed by atoms with Crippen molar-refractivity contribution in [2.45, 2.75) is 26.5 Å². The fourth-order valence-electron chi connectivity index (χ4n) is 2.24. The quantitative estimate of drug-likeness (QED) is 0.614. The first kappa shape index (κ1) is 16.6. The predicted molar refractivity (Wildman–Crippen MR) is 89.2 cm³/mol. The molecule has 0 bridgehead atoms. The topological polar surface area (TPSA) is 106 Å². The summed E-state index contributed by atoms with van der Waals surface area (Å²) in [5.41, 5.74) is 2.17. The van der Waals surface area contributed by atoms with Crippen molar-refractivity contribution in [2.24, 2.45) is 0 Å². The Labute approximate surface area is 134 Å². The van der Waals surface area contributed by atoms with Gasteiger partial charge in [0.05, 0.1) is 17.9 Å². The van der Waals surface area contributed by atoms with E-state index in [2.05, 4.69) is 10.3 Å². The zero-order chi connectivity index (χ0) is 17.0. The van der Waals surface area contributed by atoms with Crippen molar-refractivity contribution in [3.05, 3.63) is 47.0 Å². The Bertz CT molecular complexity index is 742. The number of aromatic carboxylic acids is 1. The lowest BCUT2D eigenvalue weighted by atomic mass is 10.0. The van der Waals surface area contributed by atoms with E-state index in [1.807, 2.05) is 13.8 Å². The average Bonchev–Trinajstić information content (AvgIpc) is 2.53. The minimum atomic E-state index is -1.11. The highest BCUT2D eigenvalue weighted by atomic mass is 16.4. The summed E-state index contributed by atoms with van der Waals surface area (Å²) in [4.78, 5) is 16.0. The maximum Gasteiger partial charge on any atom is 0.336 e. The van der Waals surface area contributed by atoms with E-state index < -0.39 is 5.97 Å². The van der Waals surface area contributed by atoms with Crippen LogP contribution in [0.4, 0.5) is 5.82 Å². The minimum Gasteiger partial charge on any atom is -0.478 e. The molecule has 0 fully saturated rings. The Morgan fingerprint density at radius 2 is 2.13 bits per heavy atom. The third-order valence-corrected chi connectivity index (χ3v) is 3.26. The van der Waals surface area contributed by atoms with Crippen molar-refractivity contribution in [3.8, 4) is 11.3 Å². The normalized spacial score (nSPS) is 10.6. The molecule has 6 heteroatoms. The Kier molecular flexibility index (Phi) is 5.08. The second-order valence-electron chi connectivity index (χ2n) is 5.42. The molecule has 2 rings (SSSR count). The lowest BCUT2D eigenvalue weighted by molar-refractivity contribution is 0.0696. The third kappa shape index (κ3) is 3.73. The fourth-order valence-corrected chi connectivity index (χ4v) is 2.24. The summed E-state index contributed by atoms with van der Waals surface area (Å²) in [5.74, 6) is -0.753. The van der Waals surface area contributed by atoms with Crippen LogP contribution >= 0.6 is 0 Å². The van der Waals surface area contributed by atoms with Gasteiger partial charge in [-0.2, -0.15) is 0 Å². The number of carboxylic acid groups (broad SMARTS) is 1. The Balaban J connectivity index is 2.66. The zero-order valence-electron chi connectivity index (χ0n) is 13.0. The molecule has 0 unspecified atom stereocenters. The van der Waals surface area contributed by atoms with Gasteiger partial charge in [-0.3, -0.25) is 0 Å². The lowest BCUT2D eigenvalue weighted by Crippen LogP contribution is -2.16. The van der Waals surface area contributed by atoms with Crippen molar-refractivity contribution in [2.75, 3.05) is 5.32 Å². The van der Waals surface area contributed by atoms with Crippen molar-refractivity contribution < 1.29 is 15.0 Å². The van der Waals surface area contributed by atoms with Crippen molar-refractivity contribution in [1.82, 2.24) is 4.98 Å². The van der Waals surface area contributed by atoms with E-state index in [1.54, 1.807) is 24.3 Å². The first-order chi connectivity index (χ1) is 11.0. The summed E-state index contributed by atoms with van der Waals surface area (Å²) in [6.45, 7) is 3.72. The van der Waals surface area contributed by atoms with Crippen molar-refractivity contribution in [3.63, 3.8) is 0 Å². The molecule has 120 valence electrons. The van der Waals surface area contributed by atoms with E-state index in [1.165, 1.54) is 6.07 Å². The van der Waals surface area contributed by atoms with E-state index in [9.17, 15) is 15.0 Å². The molecule has 0 saturated heterocycles. The maximum atomic E-state index is 11.5. The van der Waals surface area contributed by atoms with Crippen LogP contribution in [0.3, 0.4) is 0 Å². The van der Waals surface area contributed by atoms with Crippen molar-refractivity contribution in [1.29, 1.82) is 5.41 Å². The molecule has 0 spiro atoms. The number of nitrogens with one attached hydrogen (secondary N) is 2.